The number of hydrogen-bond donors (Lipinski definition) is 2. The molecule has 0 amide bonds. The number of halogens is 3. The van der Waals surface area contributed by atoms with Gasteiger partial charge in [0, 0.05) is 24.1 Å². The van der Waals surface area contributed by atoms with E-state index in [1.165, 1.54) is 6.07 Å². The highest BCUT2D eigenvalue weighted by atomic mass is 79.9. The third-order valence-electron chi connectivity index (χ3n) is 2.85. The third kappa shape index (κ3) is 2.90. The summed E-state index contributed by atoms with van der Waals surface area (Å²) in [7, 11) is 0. The Kier molecular flexibility index (Phi) is 4.11. The highest BCUT2D eigenvalue weighted by Gasteiger charge is 2.17. The molecule has 0 saturated carbocycles. The molecular formula is C13H12BrF2N3. The molecule has 0 fully saturated rings. The molecule has 1 atom stereocenters. The molecule has 2 aromatic rings. The molecule has 1 heterocycles. The Morgan fingerprint density at radius 2 is 2.00 bits per heavy atom. The second-order valence-electron chi connectivity index (χ2n) is 4.15. The van der Waals surface area contributed by atoms with Crippen LogP contribution >= 0.6 is 15.9 Å². The minimum absolute atomic E-state index is 0.0439. The van der Waals surface area contributed by atoms with Crippen molar-refractivity contribution in [1.29, 1.82) is 0 Å². The topological polar surface area (TPSA) is 64.9 Å². The summed E-state index contributed by atoms with van der Waals surface area (Å²) in [5.74, 6) is -1.85. The first-order valence-electron chi connectivity index (χ1n) is 5.58. The number of nitrogens with two attached hydrogens (primary N) is 2. The Morgan fingerprint density at radius 1 is 1.26 bits per heavy atom. The van der Waals surface area contributed by atoms with Gasteiger partial charge in [0.25, 0.3) is 0 Å². The van der Waals surface area contributed by atoms with Gasteiger partial charge in [-0.3, -0.25) is 4.98 Å². The van der Waals surface area contributed by atoms with Gasteiger partial charge in [-0.2, -0.15) is 0 Å². The minimum atomic E-state index is -0.938. The first kappa shape index (κ1) is 13.9. The molecule has 1 aromatic heterocycles. The van der Waals surface area contributed by atoms with E-state index in [2.05, 4.69) is 20.9 Å². The van der Waals surface area contributed by atoms with E-state index in [0.717, 1.165) is 11.6 Å². The van der Waals surface area contributed by atoms with Crippen LogP contribution in [0.2, 0.25) is 0 Å². The van der Waals surface area contributed by atoms with Crippen LogP contribution in [0.25, 0.3) is 0 Å². The van der Waals surface area contributed by atoms with Crippen molar-refractivity contribution in [3.05, 3.63) is 57.8 Å². The maximum atomic E-state index is 13.5. The Hall–Kier alpha value is -1.53. The van der Waals surface area contributed by atoms with Crippen molar-refractivity contribution in [2.24, 2.45) is 5.73 Å². The van der Waals surface area contributed by atoms with Crippen LogP contribution in [-0.4, -0.2) is 4.98 Å². The Morgan fingerprint density at radius 3 is 2.68 bits per heavy atom. The predicted molar refractivity (Wildman–Crippen MR) is 73.3 cm³/mol. The summed E-state index contributed by atoms with van der Waals surface area (Å²) in [6, 6.07) is 3.68. The van der Waals surface area contributed by atoms with Gasteiger partial charge in [-0.25, -0.2) is 8.78 Å². The summed E-state index contributed by atoms with van der Waals surface area (Å²) in [6.45, 7) is 0. The Bertz CT molecular complexity index is 604. The van der Waals surface area contributed by atoms with Gasteiger partial charge >= 0.3 is 0 Å². The molecular weight excluding hydrogens is 316 g/mol. The number of nitrogens with zero attached hydrogens (tertiary/aromatic N) is 1. The summed E-state index contributed by atoms with van der Waals surface area (Å²) in [5.41, 5.74) is 13.6. The minimum Gasteiger partial charge on any atom is -0.398 e. The van der Waals surface area contributed by atoms with Crippen molar-refractivity contribution in [2.75, 3.05) is 5.73 Å². The van der Waals surface area contributed by atoms with Crippen molar-refractivity contribution in [3.63, 3.8) is 0 Å². The van der Waals surface area contributed by atoms with Crippen molar-refractivity contribution in [2.45, 2.75) is 12.5 Å². The molecule has 0 aliphatic carbocycles. The van der Waals surface area contributed by atoms with Crippen LogP contribution in [0.4, 0.5) is 14.5 Å². The molecule has 19 heavy (non-hydrogen) atoms. The monoisotopic (exact) mass is 327 g/mol. The molecule has 1 aromatic carbocycles. The van der Waals surface area contributed by atoms with Crippen LogP contribution in [0.1, 0.15) is 17.2 Å². The summed E-state index contributed by atoms with van der Waals surface area (Å²) >= 11 is 3.02. The van der Waals surface area contributed by atoms with E-state index in [0.29, 0.717) is 17.7 Å². The van der Waals surface area contributed by atoms with Gasteiger partial charge in [0.1, 0.15) is 0 Å². The lowest BCUT2D eigenvalue weighted by atomic mass is 9.99. The van der Waals surface area contributed by atoms with E-state index in [9.17, 15) is 8.78 Å². The maximum absolute atomic E-state index is 13.5. The zero-order valence-electron chi connectivity index (χ0n) is 9.91. The van der Waals surface area contributed by atoms with Crippen molar-refractivity contribution in [1.82, 2.24) is 4.98 Å². The van der Waals surface area contributed by atoms with Crippen LogP contribution in [0, 0.1) is 11.6 Å². The first-order chi connectivity index (χ1) is 9.00. The summed E-state index contributed by atoms with van der Waals surface area (Å²) in [5, 5.41) is 0. The molecule has 0 saturated heterocycles. The maximum Gasteiger partial charge on any atom is 0.173 e. The quantitative estimate of drug-likeness (QED) is 0.852. The van der Waals surface area contributed by atoms with Crippen molar-refractivity contribution in [3.8, 4) is 0 Å². The predicted octanol–water partition coefficient (Wildman–Crippen LogP) is 2.95. The molecule has 0 aliphatic heterocycles. The highest BCUT2D eigenvalue weighted by Crippen LogP contribution is 2.29. The van der Waals surface area contributed by atoms with Gasteiger partial charge in [0.05, 0.1) is 4.47 Å². The lowest BCUT2D eigenvalue weighted by Crippen LogP contribution is -2.16. The molecule has 0 radical (unpaired) electrons. The van der Waals surface area contributed by atoms with E-state index in [1.54, 1.807) is 18.5 Å². The molecule has 0 spiro atoms. The lowest BCUT2D eigenvalue weighted by molar-refractivity contribution is 0.500. The van der Waals surface area contributed by atoms with E-state index < -0.39 is 17.7 Å². The summed E-state index contributed by atoms with van der Waals surface area (Å²) in [6.07, 6.45) is 3.59. The fourth-order valence-corrected chi connectivity index (χ4v) is 2.40. The van der Waals surface area contributed by atoms with Gasteiger partial charge in [-0.15, -0.1) is 0 Å². The molecule has 4 N–H and O–H groups in total. The fourth-order valence-electron chi connectivity index (χ4n) is 1.78. The average Bonchev–Trinajstić information content (AvgIpc) is 2.39. The summed E-state index contributed by atoms with van der Waals surface area (Å²) in [4.78, 5) is 3.96. The molecule has 0 bridgehead atoms. The SMILES string of the molecule is Nc1ccncc1CC(N)c1ccc(F)c(F)c1Br. The van der Waals surface area contributed by atoms with Gasteiger partial charge in [0.15, 0.2) is 11.6 Å². The summed E-state index contributed by atoms with van der Waals surface area (Å²) < 4.78 is 26.5. The second kappa shape index (κ2) is 5.63. The average molecular weight is 328 g/mol. The van der Waals surface area contributed by atoms with Crippen LogP contribution < -0.4 is 11.5 Å². The fraction of sp³-hybridized carbons (Fsp3) is 0.154. The van der Waals surface area contributed by atoms with Gasteiger partial charge in [-0.05, 0) is 45.6 Å². The normalized spacial score (nSPS) is 12.4. The standard InChI is InChI=1S/C13H12BrF2N3/c14-12-8(1-2-9(15)13(12)16)11(18)5-7-6-19-4-3-10(7)17/h1-4,6,11H,5,18H2,(H2,17,19). The van der Waals surface area contributed by atoms with Gasteiger partial charge in [-0.1, -0.05) is 6.07 Å². The van der Waals surface area contributed by atoms with E-state index in [-0.39, 0.29) is 4.47 Å². The number of hydrogen-bond acceptors (Lipinski definition) is 3. The molecule has 1 unspecified atom stereocenters. The molecule has 0 aliphatic rings. The largest absolute Gasteiger partial charge is 0.398 e. The highest BCUT2D eigenvalue weighted by molar-refractivity contribution is 9.10. The van der Waals surface area contributed by atoms with Crippen LogP contribution in [0.3, 0.4) is 0 Å². The van der Waals surface area contributed by atoms with Gasteiger partial charge < -0.3 is 11.5 Å². The van der Waals surface area contributed by atoms with Crippen LogP contribution in [0.5, 0.6) is 0 Å². The van der Waals surface area contributed by atoms with Gasteiger partial charge in [0.2, 0.25) is 0 Å². The number of rotatable bonds is 3. The number of aromatic nitrogens is 1. The third-order valence-corrected chi connectivity index (χ3v) is 3.65. The Labute approximate surface area is 117 Å². The van der Waals surface area contributed by atoms with Crippen LogP contribution in [-0.2, 0) is 6.42 Å². The number of pyridine rings is 1. The molecule has 3 nitrogen and oxygen atoms in total. The second-order valence-corrected chi connectivity index (χ2v) is 4.94. The first-order valence-corrected chi connectivity index (χ1v) is 6.37. The number of nitrogen functional groups attached to an aromatic ring is 1. The van der Waals surface area contributed by atoms with Crippen LogP contribution in [0.15, 0.2) is 35.1 Å². The molecule has 6 heteroatoms. The Balaban J connectivity index is 2.28. The zero-order chi connectivity index (χ0) is 14.0. The van der Waals surface area contributed by atoms with E-state index in [1.807, 2.05) is 0 Å². The molecule has 100 valence electrons. The smallest absolute Gasteiger partial charge is 0.173 e. The lowest BCUT2D eigenvalue weighted by Gasteiger charge is -2.15. The van der Waals surface area contributed by atoms with E-state index in [4.69, 9.17) is 11.5 Å². The zero-order valence-corrected chi connectivity index (χ0v) is 11.5. The van der Waals surface area contributed by atoms with E-state index >= 15 is 0 Å². The number of anilines is 1. The van der Waals surface area contributed by atoms with Crippen molar-refractivity contribution >= 4 is 21.6 Å². The number of benzene rings is 1. The van der Waals surface area contributed by atoms with Crippen molar-refractivity contribution < 1.29 is 8.78 Å². The molecule has 2 rings (SSSR count).